The minimum Gasteiger partial charge on any atom is -0.340 e. The van der Waals surface area contributed by atoms with E-state index in [1.807, 2.05) is 6.26 Å². The molecule has 8 heteroatoms. The average Bonchev–Trinajstić information content (AvgIpc) is 2.37. The number of nitrogen functional groups attached to an aromatic ring is 1. The van der Waals surface area contributed by atoms with Gasteiger partial charge in [-0.3, -0.25) is 0 Å². The number of aromatic nitrogens is 2. The highest BCUT2D eigenvalue weighted by molar-refractivity contribution is 7.98. The van der Waals surface area contributed by atoms with Crippen LogP contribution >= 0.6 is 23.4 Å². The van der Waals surface area contributed by atoms with E-state index in [9.17, 15) is 4.39 Å². The Morgan fingerprint density at radius 1 is 1.21 bits per heavy atom. The molecule has 1 aromatic heterocycles. The molecule has 2 rings (SSSR count). The number of thioether (sulfide) groups is 1. The number of hydrazine groups is 1. The number of benzene rings is 1. The highest BCUT2D eigenvalue weighted by Gasteiger charge is 2.05. The molecule has 0 bridgehead atoms. The van der Waals surface area contributed by atoms with Crippen molar-refractivity contribution in [2.45, 2.75) is 5.16 Å². The topological polar surface area (TPSA) is 75.9 Å². The minimum absolute atomic E-state index is 0.304. The molecule has 0 spiro atoms. The van der Waals surface area contributed by atoms with Crippen LogP contribution in [0.25, 0.3) is 0 Å². The molecule has 0 saturated heterocycles. The number of hydrogen-bond donors (Lipinski definition) is 3. The first-order valence-electron chi connectivity index (χ1n) is 5.23. The van der Waals surface area contributed by atoms with Gasteiger partial charge in [-0.15, -0.1) is 0 Å². The Kier molecular flexibility index (Phi) is 4.41. The first kappa shape index (κ1) is 13.9. The fourth-order valence-corrected chi connectivity index (χ4v) is 2.03. The summed E-state index contributed by atoms with van der Waals surface area (Å²) in [6.07, 6.45) is 1.85. The Hall–Kier alpha value is -1.57. The number of nitrogens with one attached hydrogen (secondary N) is 2. The van der Waals surface area contributed by atoms with Gasteiger partial charge in [0, 0.05) is 16.8 Å². The second-order valence-corrected chi connectivity index (χ2v) is 4.76. The molecule has 0 aliphatic rings. The maximum absolute atomic E-state index is 13.2. The lowest BCUT2D eigenvalue weighted by Gasteiger charge is -2.09. The number of hydrogen-bond acceptors (Lipinski definition) is 6. The molecule has 0 atom stereocenters. The zero-order valence-corrected chi connectivity index (χ0v) is 11.5. The predicted octanol–water partition coefficient (Wildman–Crippen LogP) is 3.02. The molecule has 0 aliphatic carbocycles. The summed E-state index contributed by atoms with van der Waals surface area (Å²) >= 11 is 7.16. The highest BCUT2D eigenvalue weighted by atomic mass is 35.5. The summed E-state index contributed by atoms with van der Waals surface area (Å²) in [5.74, 6) is 5.86. The van der Waals surface area contributed by atoms with Crippen molar-refractivity contribution in [2.24, 2.45) is 5.84 Å². The molecule has 0 aliphatic heterocycles. The number of nitrogens with zero attached hydrogens (tertiary/aromatic N) is 2. The molecular formula is C11H11ClFN5S. The van der Waals surface area contributed by atoms with Crippen LogP contribution in [0.4, 0.5) is 21.7 Å². The number of nitrogens with two attached hydrogens (primary N) is 1. The molecule has 0 unspecified atom stereocenters. The molecule has 1 heterocycles. The van der Waals surface area contributed by atoms with E-state index in [0.29, 0.717) is 27.5 Å². The van der Waals surface area contributed by atoms with E-state index in [4.69, 9.17) is 17.4 Å². The molecule has 100 valence electrons. The Labute approximate surface area is 118 Å². The molecule has 0 radical (unpaired) electrons. The van der Waals surface area contributed by atoms with E-state index < -0.39 is 5.82 Å². The molecule has 5 nitrogen and oxygen atoms in total. The fraction of sp³-hybridized carbons (Fsp3) is 0.0909. The zero-order valence-electron chi connectivity index (χ0n) is 9.95. The second kappa shape index (κ2) is 6.05. The van der Waals surface area contributed by atoms with Crippen molar-refractivity contribution in [1.82, 2.24) is 9.97 Å². The quantitative estimate of drug-likeness (QED) is 0.349. The van der Waals surface area contributed by atoms with Crippen LogP contribution in [0, 0.1) is 5.82 Å². The standard InChI is InChI=1S/C11H11ClFN5S/c1-19-11-16-9(5-10(17-11)18-14)15-8-3-6(12)2-7(13)4-8/h2-5H,14H2,1H3,(H2,15,16,17,18). The SMILES string of the molecule is CSc1nc(NN)cc(Nc2cc(F)cc(Cl)c2)n1. The summed E-state index contributed by atoms with van der Waals surface area (Å²) in [5, 5.41) is 3.80. The maximum atomic E-state index is 13.2. The Morgan fingerprint density at radius 3 is 2.58 bits per heavy atom. The summed E-state index contributed by atoms with van der Waals surface area (Å²) in [6, 6.07) is 5.76. The van der Waals surface area contributed by atoms with E-state index in [1.165, 1.54) is 23.9 Å². The molecule has 1 aromatic carbocycles. The van der Waals surface area contributed by atoms with E-state index in [-0.39, 0.29) is 0 Å². The molecule has 4 N–H and O–H groups in total. The van der Waals surface area contributed by atoms with Crippen molar-refractivity contribution in [2.75, 3.05) is 17.0 Å². The van der Waals surface area contributed by atoms with Gasteiger partial charge in [-0.1, -0.05) is 23.4 Å². The minimum atomic E-state index is -0.425. The van der Waals surface area contributed by atoms with Gasteiger partial charge in [0.05, 0.1) is 0 Å². The highest BCUT2D eigenvalue weighted by Crippen LogP contribution is 2.23. The first-order chi connectivity index (χ1) is 9.10. The van der Waals surface area contributed by atoms with Crippen LogP contribution in [0.3, 0.4) is 0 Å². The van der Waals surface area contributed by atoms with Crippen molar-refractivity contribution in [3.8, 4) is 0 Å². The van der Waals surface area contributed by atoms with Gasteiger partial charge in [-0.2, -0.15) is 0 Å². The summed E-state index contributed by atoms with van der Waals surface area (Å²) in [7, 11) is 0. The lowest BCUT2D eigenvalue weighted by molar-refractivity contribution is 0.628. The molecule has 0 amide bonds. The average molecular weight is 300 g/mol. The molecular weight excluding hydrogens is 289 g/mol. The fourth-order valence-electron chi connectivity index (χ4n) is 1.43. The molecule has 0 fully saturated rings. The lowest BCUT2D eigenvalue weighted by Crippen LogP contribution is -2.10. The van der Waals surface area contributed by atoms with Crippen LogP contribution in [-0.4, -0.2) is 16.2 Å². The van der Waals surface area contributed by atoms with Gasteiger partial charge in [0.1, 0.15) is 17.5 Å². The van der Waals surface area contributed by atoms with Crippen LogP contribution < -0.4 is 16.6 Å². The van der Waals surface area contributed by atoms with Gasteiger partial charge in [0.15, 0.2) is 5.16 Å². The third-order valence-corrected chi connectivity index (χ3v) is 2.94. The zero-order chi connectivity index (χ0) is 13.8. The summed E-state index contributed by atoms with van der Waals surface area (Å²) in [4.78, 5) is 8.36. The van der Waals surface area contributed by atoms with E-state index in [1.54, 1.807) is 12.1 Å². The van der Waals surface area contributed by atoms with Crippen molar-refractivity contribution in [3.05, 3.63) is 35.1 Å². The van der Waals surface area contributed by atoms with Crippen molar-refractivity contribution in [1.29, 1.82) is 0 Å². The van der Waals surface area contributed by atoms with Crippen molar-refractivity contribution < 1.29 is 4.39 Å². The largest absolute Gasteiger partial charge is 0.340 e. The van der Waals surface area contributed by atoms with Gasteiger partial charge in [0.25, 0.3) is 0 Å². The van der Waals surface area contributed by atoms with Gasteiger partial charge in [0.2, 0.25) is 0 Å². The summed E-state index contributed by atoms with van der Waals surface area (Å²) in [6.45, 7) is 0. The second-order valence-electron chi connectivity index (χ2n) is 3.55. The van der Waals surface area contributed by atoms with Gasteiger partial charge in [-0.25, -0.2) is 20.2 Å². The van der Waals surface area contributed by atoms with Gasteiger partial charge >= 0.3 is 0 Å². The van der Waals surface area contributed by atoms with Gasteiger partial charge in [-0.05, 0) is 24.5 Å². The Morgan fingerprint density at radius 2 is 1.95 bits per heavy atom. The monoisotopic (exact) mass is 299 g/mol. The Bertz CT molecular complexity index is 553. The maximum Gasteiger partial charge on any atom is 0.191 e. The van der Waals surface area contributed by atoms with E-state index in [2.05, 4.69) is 20.7 Å². The van der Waals surface area contributed by atoms with Crippen molar-refractivity contribution in [3.63, 3.8) is 0 Å². The Balaban J connectivity index is 2.31. The smallest absolute Gasteiger partial charge is 0.191 e. The third kappa shape index (κ3) is 3.69. The number of rotatable bonds is 4. The van der Waals surface area contributed by atoms with Gasteiger partial charge < -0.3 is 10.7 Å². The van der Waals surface area contributed by atoms with Crippen LogP contribution in [0.2, 0.25) is 5.02 Å². The predicted molar refractivity (Wildman–Crippen MR) is 76.3 cm³/mol. The third-order valence-electron chi connectivity index (χ3n) is 2.17. The molecule has 19 heavy (non-hydrogen) atoms. The first-order valence-corrected chi connectivity index (χ1v) is 6.84. The van der Waals surface area contributed by atoms with E-state index in [0.717, 1.165) is 0 Å². The lowest BCUT2D eigenvalue weighted by atomic mass is 10.3. The normalized spacial score (nSPS) is 10.3. The number of anilines is 3. The van der Waals surface area contributed by atoms with Crippen LogP contribution in [0.5, 0.6) is 0 Å². The summed E-state index contributed by atoms with van der Waals surface area (Å²) in [5.41, 5.74) is 2.94. The van der Waals surface area contributed by atoms with Crippen LogP contribution in [-0.2, 0) is 0 Å². The molecule has 2 aromatic rings. The van der Waals surface area contributed by atoms with Crippen LogP contribution in [0.15, 0.2) is 29.4 Å². The van der Waals surface area contributed by atoms with E-state index >= 15 is 0 Å². The number of halogens is 2. The summed E-state index contributed by atoms with van der Waals surface area (Å²) < 4.78 is 13.2. The van der Waals surface area contributed by atoms with Crippen LogP contribution in [0.1, 0.15) is 0 Å². The van der Waals surface area contributed by atoms with Crippen molar-refractivity contribution >= 4 is 40.7 Å². The molecule has 0 saturated carbocycles.